The predicted octanol–water partition coefficient (Wildman–Crippen LogP) is 3.57. The minimum atomic E-state index is -4.56. The van der Waals surface area contributed by atoms with Gasteiger partial charge in [-0.15, -0.1) is 0 Å². The van der Waals surface area contributed by atoms with Gasteiger partial charge in [-0.1, -0.05) is 6.92 Å². The molecule has 0 radical (unpaired) electrons. The van der Waals surface area contributed by atoms with Gasteiger partial charge in [-0.3, -0.25) is 8.22 Å². The molecular formula is C9H7F7Si. The second kappa shape index (κ2) is 5.07. The van der Waals surface area contributed by atoms with Crippen molar-refractivity contribution in [2.75, 3.05) is 0 Å². The first-order valence-electron chi connectivity index (χ1n) is 4.62. The largest absolute Gasteiger partial charge is 0.418 e. The van der Waals surface area contributed by atoms with Crippen LogP contribution in [0.3, 0.4) is 0 Å². The van der Waals surface area contributed by atoms with Gasteiger partial charge in [-0.2, -0.15) is 0 Å². The van der Waals surface area contributed by atoms with Crippen molar-refractivity contribution < 1.29 is 30.2 Å². The second-order valence-electron chi connectivity index (χ2n) is 3.33. The van der Waals surface area contributed by atoms with Gasteiger partial charge in [0.1, 0.15) is 0 Å². The third kappa shape index (κ3) is 2.31. The zero-order chi connectivity index (χ0) is 13.3. The van der Waals surface area contributed by atoms with Crippen molar-refractivity contribution in [3.8, 4) is 0 Å². The molecule has 0 spiro atoms. The minimum Gasteiger partial charge on any atom is -0.274 e. The highest BCUT2D eigenvalue weighted by Crippen LogP contribution is 2.32. The molecule has 0 aliphatic heterocycles. The van der Waals surface area contributed by atoms with E-state index in [1.165, 1.54) is 6.92 Å². The van der Waals surface area contributed by atoms with Crippen LogP contribution >= 0.6 is 0 Å². The van der Waals surface area contributed by atoms with E-state index in [1.54, 1.807) is 0 Å². The van der Waals surface area contributed by atoms with Crippen LogP contribution in [0.4, 0.5) is 30.2 Å². The lowest BCUT2D eigenvalue weighted by atomic mass is 10.1. The molecule has 1 unspecified atom stereocenters. The first kappa shape index (κ1) is 14.0. The summed E-state index contributed by atoms with van der Waals surface area (Å²) in [6.07, 6.45) is -0.387. The highest BCUT2D eigenvalue weighted by molar-refractivity contribution is 6.44. The van der Waals surface area contributed by atoms with E-state index in [2.05, 4.69) is 0 Å². The van der Waals surface area contributed by atoms with Crippen LogP contribution in [0.5, 0.6) is 0 Å². The van der Waals surface area contributed by atoms with E-state index in [-0.39, 0.29) is 6.42 Å². The lowest BCUT2D eigenvalue weighted by Crippen LogP contribution is -2.19. The molecule has 8 heteroatoms. The van der Waals surface area contributed by atoms with E-state index in [0.717, 1.165) is 0 Å². The number of benzene rings is 1. The van der Waals surface area contributed by atoms with Crippen LogP contribution in [-0.2, 0) is 0 Å². The molecule has 0 amide bonds. The Kier molecular flexibility index (Phi) is 4.18. The van der Waals surface area contributed by atoms with Gasteiger partial charge in [0, 0.05) is 11.1 Å². The van der Waals surface area contributed by atoms with E-state index >= 15 is 0 Å². The molecule has 0 aromatic heterocycles. The maximum absolute atomic E-state index is 13.2. The molecule has 96 valence electrons. The quantitative estimate of drug-likeness (QED) is 0.260. The maximum Gasteiger partial charge on any atom is 0.418 e. The Morgan fingerprint density at radius 3 is 1.47 bits per heavy atom. The summed E-state index contributed by atoms with van der Waals surface area (Å²) in [6, 6.07) is 0. The number of hydrogen-bond donors (Lipinski definition) is 0. The topological polar surface area (TPSA) is 0 Å². The van der Waals surface area contributed by atoms with Crippen LogP contribution < -0.4 is 0 Å². The Bertz CT molecular complexity index is 403. The van der Waals surface area contributed by atoms with E-state index in [4.69, 9.17) is 0 Å². The number of hydrogen-bond acceptors (Lipinski definition) is 0. The molecule has 0 N–H and O–H groups in total. The van der Waals surface area contributed by atoms with Gasteiger partial charge in [-0.25, -0.2) is 22.0 Å². The number of rotatable bonds is 3. The number of halogens is 7. The van der Waals surface area contributed by atoms with Crippen LogP contribution in [0.15, 0.2) is 0 Å². The van der Waals surface area contributed by atoms with Crippen LogP contribution in [0, 0.1) is 29.1 Å². The molecule has 1 aromatic carbocycles. The average molecular weight is 276 g/mol. The summed E-state index contributed by atoms with van der Waals surface area (Å²) in [5, 5.41) is 0. The average Bonchev–Trinajstić information content (AvgIpc) is 2.29. The van der Waals surface area contributed by atoms with Crippen molar-refractivity contribution in [2.45, 2.75) is 18.9 Å². The summed E-state index contributed by atoms with van der Waals surface area (Å²) >= 11 is 0. The van der Waals surface area contributed by atoms with Crippen molar-refractivity contribution in [3.05, 3.63) is 34.6 Å². The standard InChI is InChI=1S/C9H7F7Si/c1-2-3(17(15)16)4-5(10)7(12)9(14)8(13)6(4)11/h3,17H,2H2,1H3. The lowest BCUT2D eigenvalue weighted by Gasteiger charge is -2.15. The SMILES string of the molecule is CCC(c1c(F)c(F)c(F)c(F)c1F)[SiH](F)F. The van der Waals surface area contributed by atoms with Gasteiger partial charge >= 0.3 is 9.46 Å². The summed E-state index contributed by atoms with van der Waals surface area (Å²) in [5.74, 6) is -11.0. The van der Waals surface area contributed by atoms with Crippen molar-refractivity contribution in [2.24, 2.45) is 0 Å². The highest BCUT2D eigenvalue weighted by atomic mass is 28.4. The van der Waals surface area contributed by atoms with E-state index in [9.17, 15) is 30.2 Å². The maximum atomic E-state index is 13.2. The van der Waals surface area contributed by atoms with E-state index in [1.807, 2.05) is 0 Å². The Morgan fingerprint density at radius 2 is 1.18 bits per heavy atom. The van der Waals surface area contributed by atoms with Crippen molar-refractivity contribution in [1.82, 2.24) is 0 Å². The summed E-state index contributed by atoms with van der Waals surface area (Å²) in [4.78, 5) is 0. The molecule has 0 aliphatic rings. The van der Waals surface area contributed by atoms with Crippen molar-refractivity contribution in [3.63, 3.8) is 0 Å². The Balaban J connectivity index is 3.53. The summed E-state index contributed by atoms with van der Waals surface area (Å²) < 4.78 is 89.7. The molecule has 0 saturated heterocycles. The highest BCUT2D eigenvalue weighted by Gasteiger charge is 2.35. The Labute approximate surface area is 94.0 Å². The third-order valence-electron chi connectivity index (χ3n) is 2.36. The van der Waals surface area contributed by atoms with Crippen molar-refractivity contribution >= 4 is 9.46 Å². The molecule has 0 bridgehead atoms. The Morgan fingerprint density at radius 1 is 0.824 bits per heavy atom. The molecule has 1 rings (SSSR count). The van der Waals surface area contributed by atoms with Gasteiger partial charge in [0.15, 0.2) is 23.3 Å². The smallest absolute Gasteiger partial charge is 0.274 e. The third-order valence-corrected chi connectivity index (χ3v) is 3.77. The normalized spacial score (nSPS) is 13.2. The fraction of sp³-hybridized carbons (Fsp3) is 0.333. The summed E-state index contributed by atoms with van der Waals surface area (Å²) in [5.41, 5.74) is -3.29. The minimum absolute atomic E-state index is 0.387. The fourth-order valence-electron chi connectivity index (χ4n) is 1.46. The second-order valence-corrected chi connectivity index (χ2v) is 4.81. The molecular weight excluding hydrogens is 269 g/mol. The van der Waals surface area contributed by atoms with Crippen LogP contribution in [0.1, 0.15) is 24.4 Å². The molecule has 0 saturated carbocycles. The first-order valence-corrected chi connectivity index (χ1v) is 6.16. The molecule has 0 nitrogen and oxygen atoms in total. The van der Waals surface area contributed by atoms with Gasteiger partial charge in [0.25, 0.3) is 0 Å². The molecule has 0 aliphatic carbocycles. The van der Waals surface area contributed by atoms with Crippen LogP contribution in [-0.4, -0.2) is 9.46 Å². The van der Waals surface area contributed by atoms with E-state index < -0.39 is 49.7 Å². The monoisotopic (exact) mass is 276 g/mol. The van der Waals surface area contributed by atoms with Crippen molar-refractivity contribution in [1.29, 1.82) is 0 Å². The zero-order valence-corrected chi connectivity index (χ0v) is 9.66. The van der Waals surface area contributed by atoms with Gasteiger partial charge < -0.3 is 0 Å². The first-order chi connectivity index (χ1) is 7.82. The molecule has 0 fully saturated rings. The molecule has 0 heterocycles. The Hall–Kier alpha value is -1.05. The van der Waals surface area contributed by atoms with Gasteiger partial charge in [-0.05, 0) is 6.42 Å². The summed E-state index contributed by atoms with van der Waals surface area (Å²) in [6.45, 7) is 1.20. The van der Waals surface area contributed by atoms with Crippen LogP contribution in [0.2, 0.25) is 0 Å². The molecule has 17 heavy (non-hydrogen) atoms. The predicted molar refractivity (Wildman–Crippen MR) is 48.6 cm³/mol. The fourth-order valence-corrected chi connectivity index (χ4v) is 2.36. The molecule has 1 atom stereocenters. The lowest BCUT2D eigenvalue weighted by molar-refractivity contribution is 0.366. The van der Waals surface area contributed by atoms with Gasteiger partial charge in [0.2, 0.25) is 5.82 Å². The molecule has 1 aromatic rings. The van der Waals surface area contributed by atoms with Crippen LogP contribution in [0.25, 0.3) is 0 Å². The van der Waals surface area contributed by atoms with E-state index in [0.29, 0.717) is 0 Å². The van der Waals surface area contributed by atoms with Gasteiger partial charge in [0.05, 0.1) is 0 Å². The zero-order valence-electron chi connectivity index (χ0n) is 8.51. The summed E-state index contributed by atoms with van der Waals surface area (Å²) in [7, 11) is -4.56.